The van der Waals surface area contributed by atoms with E-state index in [9.17, 15) is 13.6 Å². The van der Waals surface area contributed by atoms with E-state index in [1.54, 1.807) is 0 Å². The molecular formula is C11H15BrF2O3. The van der Waals surface area contributed by atoms with Gasteiger partial charge in [-0.1, -0.05) is 15.9 Å². The summed E-state index contributed by atoms with van der Waals surface area (Å²) in [5, 5.41) is -0.604. The second-order valence-electron chi connectivity index (χ2n) is 4.58. The van der Waals surface area contributed by atoms with Crippen LogP contribution in [0.5, 0.6) is 0 Å². The molecule has 0 aromatic carbocycles. The van der Waals surface area contributed by atoms with Crippen LogP contribution in [0, 0.1) is 5.92 Å². The number of carbonyl (C=O) groups excluding carboxylic acids is 1. The van der Waals surface area contributed by atoms with Crippen molar-refractivity contribution in [3.63, 3.8) is 0 Å². The van der Waals surface area contributed by atoms with Crippen LogP contribution in [-0.2, 0) is 14.3 Å². The number of ketones is 1. The first-order valence-electron chi connectivity index (χ1n) is 5.75. The molecule has 3 nitrogen and oxygen atoms in total. The Bertz CT molecular complexity index is 293. The highest BCUT2D eigenvalue weighted by atomic mass is 79.9. The summed E-state index contributed by atoms with van der Waals surface area (Å²) in [6, 6.07) is 0. The van der Waals surface area contributed by atoms with Gasteiger partial charge in [-0.15, -0.1) is 0 Å². The Hall–Kier alpha value is -0.0700. The molecule has 0 unspecified atom stereocenters. The minimum Gasteiger partial charge on any atom is -0.348 e. The molecule has 0 bridgehead atoms. The third kappa shape index (κ3) is 2.69. The van der Waals surface area contributed by atoms with E-state index in [4.69, 9.17) is 9.47 Å². The zero-order valence-corrected chi connectivity index (χ0v) is 11.0. The third-order valence-corrected chi connectivity index (χ3v) is 4.16. The largest absolute Gasteiger partial charge is 0.348 e. The molecule has 0 aromatic rings. The van der Waals surface area contributed by atoms with Crippen LogP contribution in [0.15, 0.2) is 0 Å². The summed E-state index contributed by atoms with van der Waals surface area (Å²) in [6.07, 6.45) is 1.90. The van der Waals surface area contributed by atoms with Crippen LogP contribution in [0.25, 0.3) is 0 Å². The first kappa shape index (κ1) is 13.4. The van der Waals surface area contributed by atoms with Crippen LogP contribution in [0.1, 0.15) is 25.7 Å². The number of ether oxygens (including phenoxy) is 2. The first-order valence-corrected chi connectivity index (χ1v) is 6.87. The molecule has 98 valence electrons. The summed E-state index contributed by atoms with van der Waals surface area (Å²) in [4.78, 5) is 11.6. The molecule has 2 fully saturated rings. The van der Waals surface area contributed by atoms with Crippen molar-refractivity contribution in [3.05, 3.63) is 0 Å². The van der Waals surface area contributed by atoms with E-state index < -0.39 is 28.7 Å². The van der Waals surface area contributed by atoms with Crippen molar-refractivity contribution >= 4 is 21.7 Å². The molecule has 1 aliphatic heterocycles. The molecule has 0 aromatic heterocycles. The normalized spacial score (nSPS) is 25.4. The lowest BCUT2D eigenvalue weighted by Gasteiger charge is -2.35. The lowest BCUT2D eigenvalue weighted by atomic mass is 9.81. The average molecular weight is 313 g/mol. The quantitative estimate of drug-likeness (QED) is 0.751. The molecule has 1 heterocycles. The number of hydrogen-bond donors (Lipinski definition) is 0. The van der Waals surface area contributed by atoms with E-state index in [1.807, 2.05) is 0 Å². The molecule has 0 atom stereocenters. The van der Waals surface area contributed by atoms with Crippen molar-refractivity contribution in [3.8, 4) is 0 Å². The molecule has 6 heteroatoms. The van der Waals surface area contributed by atoms with E-state index in [1.165, 1.54) is 0 Å². The summed E-state index contributed by atoms with van der Waals surface area (Å²) in [6.45, 7) is 1.10. The van der Waals surface area contributed by atoms with E-state index in [0.29, 0.717) is 38.9 Å². The first-order chi connectivity index (χ1) is 7.99. The smallest absolute Gasteiger partial charge is 0.315 e. The molecule has 2 rings (SSSR count). The second-order valence-corrected chi connectivity index (χ2v) is 5.14. The lowest BCUT2D eigenvalue weighted by molar-refractivity contribution is -0.186. The van der Waals surface area contributed by atoms with Crippen LogP contribution in [-0.4, -0.2) is 36.0 Å². The molecule has 1 spiro atoms. The van der Waals surface area contributed by atoms with Gasteiger partial charge in [0, 0.05) is 18.8 Å². The Balaban J connectivity index is 1.93. The van der Waals surface area contributed by atoms with Gasteiger partial charge in [-0.2, -0.15) is 8.78 Å². The molecule has 1 aliphatic carbocycles. The number of rotatable bonds is 3. The van der Waals surface area contributed by atoms with Gasteiger partial charge in [0.15, 0.2) is 5.79 Å². The number of hydrogen-bond acceptors (Lipinski definition) is 3. The van der Waals surface area contributed by atoms with Crippen molar-refractivity contribution in [1.82, 2.24) is 0 Å². The third-order valence-electron chi connectivity index (χ3n) is 3.46. The zero-order chi connectivity index (χ0) is 12.5. The van der Waals surface area contributed by atoms with Crippen LogP contribution in [0.3, 0.4) is 0 Å². The maximum atomic E-state index is 13.2. The standard InChI is InChI=1S/C11H15BrF2O3/c12-7-11(13,14)9(15)8-1-3-10(4-2-8)16-5-6-17-10/h8H,1-7H2. The monoisotopic (exact) mass is 312 g/mol. The number of carbonyl (C=O) groups is 1. The molecular weight excluding hydrogens is 298 g/mol. The van der Waals surface area contributed by atoms with E-state index in [2.05, 4.69) is 15.9 Å². The average Bonchev–Trinajstić information content (AvgIpc) is 2.78. The van der Waals surface area contributed by atoms with Crippen molar-refractivity contribution in [2.24, 2.45) is 5.92 Å². The SMILES string of the molecule is O=C(C1CCC2(CC1)OCCO2)C(F)(F)CBr. The van der Waals surface area contributed by atoms with E-state index in [0.717, 1.165) is 0 Å². The van der Waals surface area contributed by atoms with Gasteiger partial charge in [0.2, 0.25) is 5.78 Å². The summed E-state index contributed by atoms with van der Waals surface area (Å²) in [7, 11) is 0. The fraction of sp³-hybridized carbons (Fsp3) is 0.909. The van der Waals surface area contributed by atoms with Gasteiger partial charge in [0.25, 0.3) is 0 Å². The molecule has 1 saturated heterocycles. The van der Waals surface area contributed by atoms with Crippen LogP contribution in [0.4, 0.5) is 8.78 Å². The van der Waals surface area contributed by atoms with Crippen LogP contribution in [0.2, 0.25) is 0 Å². The fourth-order valence-electron chi connectivity index (χ4n) is 2.47. The predicted octanol–water partition coefficient (Wildman–Crippen LogP) is 2.52. The summed E-state index contributed by atoms with van der Waals surface area (Å²) >= 11 is 2.68. The van der Waals surface area contributed by atoms with Gasteiger partial charge in [-0.3, -0.25) is 4.79 Å². The maximum absolute atomic E-state index is 13.2. The number of alkyl halides is 3. The molecule has 0 amide bonds. The Morgan fingerprint density at radius 1 is 1.29 bits per heavy atom. The predicted molar refractivity (Wildman–Crippen MR) is 60.3 cm³/mol. The Morgan fingerprint density at radius 2 is 1.82 bits per heavy atom. The number of halogens is 3. The van der Waals surface area contributed by atoms with Gasteiger partial charge < -0.3 is 9.47 Å². The van der Waals surface area contributed by atoms with Crippen LogP contribution < -0.4 is 0 Å². The molecule has 0 N–H and O–H groups in total. The highest BCUT2D eigenvalue weighted by molar-refractivity contribution is 9.09. The molecule has 1 saturated carbocycles. The zero-order valence-electron chi connectivity index (χ0n) is 9.39. The highest BCUT2D eigenvalue weighted by Crippen LogP contribution is 2.40. The number of Topliss-reactive ketones (excluding diaryl/α,β-unsaturated/α-hetero) is 1. The minimum atomic E-state index is -3.26. The topological polar surface area (TPSA) is 35.5 Å². The molecule has 2 aliphatic rings. The van der Waals surface area contributed by atoms with Crippen molar-refractivity contribution in [2.75, 3.05) is 18.5 Å². The highest BCUT2D eigenvalue weighted by Gasteiger charge is 2.47. The lowest BCUT2D eigenvalue weighted by Crippen LogP contribution is -2.42. The Morgan fingerprint density at radius 3 is 2.29 bits per heavy atom. The fourth-order valence-corrected chi connectivity index (χ4v) is 2.75. The van der Waals surface area contributed by atoms with Crippen molar-refractivity contribution in [1.29, 1.82) is 0 Å². The summed E-state index contributed by atoms with van der Waals surface area (Å²) in [5.41, 5.74) is 0. The van der Waals surface area contributed by atoms with Crippen molar-refractivity contribution in [2.45, 2.75) is 37.4 Å². The van der Waals surface area contributed by atoms with Gasteiger partial charge in [-0.25, -0.2) is 0 Å². The van der Waals surface area contributed by atoms with Gasteiger partial charge in [-0.05, 0) is 12.8 Å². The molecule has 17 heavy (non-hydrogen) atoms. The van der Waals surface area contributed by atoms with Gasteiger partial charge in [0.05, 0.1) is 18.5 Å². The van der Waals surface area contributed by atoms with Gasteiger partial charge >= 0.3 is 5.92 Å². The maximum Gasteiger partial charge on any atom is 0.315 e. The van der Waals surface area contributed by atoms with E-state index in [-0.39, 0.29) is 0 Å². The molecule has 0 radical (unpaired) electrons. The Labute approximate surface area is 107 Å². The second kappa shape index (κ2) is 4.90. The van der Waals surface area contributed by atoms with Gasteiger partial charge in [0.1, 0.15) is 0 Å². The summed E-state index contributed by atoms with van der Waals surface area (Å²) < 4.78 is 37.5. The Kier molecular flexibility index (Phi) is 3.85. The minimum absolute atomic E-state index is 0.418. The van der Waals surface area contributed by atoms with Crippen LogP contribution >= 0.6 is 15.9 Å². The van der Waals surface area contributed by atoms with Crippen molar-refractivity contribution < 1.29 is 23.0 Å². The summed E-state index contributed by atoms with van der Waals surface area (Å²) in [5.74, 6) is -5.38. The van der Waals surface area contributed by atoms with E-state index >= 15 is 0 Å².